The zero-order valence-electron chi connectivity index (χ0n) is 10.6. The van der Waals surface area contributed by atoms with Gasteiger partial charge in [0.15, 0.2) is 0 Å². The molecule has 0 amide bonds. The van der Waals surface area contributed by atoms with Gasteiger partial charge in [-0.2, -0.15) is 0 Å². The molecule has 0 saturated carbocycles. The van der Waals surface area contributed by atoms with Crippen LogP contribution in [0.3, 0.4) is 0 Å². The molecule has 1 N–H and O–H groups in total. The van der Waals surface area contributed by atoms with E-state index >= 15 is 0 Å². The molecule has 0 aliphatic carbocycles. The summed E-state index contributed by atoms with van der Waals surface area (Å²) >= 11 is 0. The van der Waals surface area contributed by atoms with E-state index in [0.29, 0.717) is 6.04 Å². The zero-order chi connectivity index (χ0) is 11.9. The fourth-order valence-corrected chi connectivity index (χ4v) is 2.30. The molecule has 2 rings (SSSR count). The van der Waals surface area contributed by atoms with E-state index in [-0.39, 0.29) is 0 Å². The summed E-state index contributed by atoms with van der Waals surface area (Å²) in [5.74, 6) is 1.06. The van der Waals surface area contributed by atoms with Gasteiger partial charge in [0.05, 0.1) is 0 Å². The molecule has 4 heteroatoms. The first-order valence-corrected chi connectivity index (χ1v) is 6.64. The summed E-state index contributed by atoms with van der Waals surface area (Å²) in [4.78, 5) is 10.7. The Hall–Kier alpha value is -1.16. The van der Waals surface area contributed by atoms with Gasteiger partial charge in [-0.1, -0.05) is 13.3 Å². The van der Waals surface area contributed by atoms with Gasteiger partial charge in [-0.15, -0.1) is 0 Å². The molecule has 0 radical (unpaired) electrons. The highest BCUT2D eigenvalue weighted by atomic mass is 15.2. The molecule has 1 fully saturated rings. The molecule has 1 atom stereocenters. The van der Waals surface area contributed by atoms with Crippen molar-refractivity contribution in [3.8, 4) is 0 Å². The van der Waals surface area contributed by atoms with Crippen LogP contribution in [0.1, 0.15) is 32.6 Å². The van der Waals surface area contributed by atoms with E-state index in [4.69, 9.17) is 0 Å². The lowest BCUT2D eigenvalue weighted by Gasteiger charge is -2.26. The van der Waals surface area contributed by atoms with Gasteiger partial charge in [0, 0.05) is 25.3 Å². The second-order valence-electron chi connectivity index (χ2n) is 4.66. The molecule has 17 heavy (non-hydrogen) atoms. The average molecular weight is 234 g/mol. The first kappa shape index (κ1) is 12.3. The SMILES string of the molecule is CCCCN(CC1CCCN1)c1ccncn1. The van der Waals surface area contributed by atoms with E-state index in [1.165, 1.54) is 25.7 Å². The van der Waals surface area contributed by atoms with E-state index in [1.807, 2.05) is 12.3 Å². The zero-order valence-corrected chi connectivity index (χ0v) is 10.6. The van der Waals surface area contributed by atoms with Crippen LogP contribution in [0.4, 0.5) is 5.82 Å². The molecule has 0 spiro atoms. The van der Waals surface area contributed by atoms with Gasteiger partial charge < -0.3 is 10.2 Å². The van der Waals surface area contributed by atoms with E-state index in [2.05, 4.69) is 27.1 Å². The van der Waals surface area contributed by atoms with Crippen molar-refractivity contribution < 1.29 is 0 Å². The van der Waals surface area contributed by atoms with E-state index in [1.54, 1.807) is 6.33 Å². The maximum Gasteiger partial charge on any atom is 0.131 e. The Morgan fingerprint density at radius 3 is 3.12 bits per heavy atom. The van der Waals surface area contributed by atoms with Crippen LogP contribution in [0.15, 0.2) is 18.6 Å². The minimum Gasteiger partial charge on any atom is -0.355 e. The lowest BCUT2D eigenvalue weighted by Crippen LogP contribution is -2.38. The van der Waals surface area contributed by atoms with E-state index in [9.17, 15) is 0 Å². The standard InChI is InChI=1S/C13H22N4/c1-2-3-9-17(10-12-5-4-7-15-12)13-6-8-14-11-16-13/h6,8,11-12,15H,2-5,7,9-10H2,1H3. The Labute approximate surface area is 103 Å². The molecule has 1 aromatic heterocycles. The van der Waals surface area contributed by atoms with Crippen molar-refractivity contribution in [1.82, 2.24) is 15.3 Å². The Morgan fingerprint density at radius 2 is 2.47 bits per heavy atom. The molecule has 4 nitrogen and oxygen atoms in total. The number of nitrogens with one attached hydrogen (secondary N) is 1. The van der Waals surface area contributed by atoms with Crippen molar-refractivity contribution in [1.29, 1.82) is 0 Å². The van der Waals surface area contributed by atoms with Crippen LogP contribution >= 0.6 is 0 Å². The molecular formula is C13H22N4. The molecule has 2 heterocycles. The third-order valence-corrected chi connectivity index (χ3v) is 3.28. The third kappa shape index (κ3) is 3.66. The van der Waals surface area contributed by atoms with Crippen LogP contribution < -0.4 is 10.2 Å². The van der Waals surface area contributed by atoms with E-state index in [0.717, 1.165) is 25.5 Å². The molecule has 0 aromatic carbocycles. The minimum absolute atomic E-state index is 0.627. The number of anilines is 1. The summed E-state index contributed by atoms with van der Waals surface area (Å²) in [7, 11) is 0. The molecule has 1 aliphatic heterocycles. The van der Waals surface area contributed by atoms with Crippen molar-refractivity contribution in [2.24, 2.45) is 0 Å². The second kappa shape index (κ2) is 6.55. The van der Waals surface area contributed by atoms with Crippen LogP contribution in [0, 0.1) is 0 Å². The minimum atomic E-state index is 0.627. The number of nitrogens with zero attached hydrogens (tertiary/aromatic N) is 3. The summed E-state index contributed by atoms with van der Waals surface area (Å²) in [6.07, 6.45) is 8.49. The van der Waals surface area contributed by atoms with Crippen LogP contribution in [-0.4, -0.2) is 35.6 Å². The van der Waals surface area contributed by atoms with Crippen LogP contribution in [-0.2, 0) is 0 Å². The number of unbranched alkanes of at least 4 members (excludes halogenated alkanes) is 1. The van der Waals surface area contributed by atoms with Crippen LogP contribution in [0.5, 0.6) is 0 Å². The smallest absolute Gasteiger partial charge is 0.131 e. The van der Waals surface area contributed by atoms with Gasteiger partial charge in [-0.3, -0.25) is 0 Å². The fraction of sp³-hybridized carbons (Fsp3) is 0.692. The van der Waals surface area contributed by atoms with Gasteiger partial charge >= 0.3 is 0 Å². The fourth-order valence-electron chi connectivity index (χ4n) is 2.30. The summed E-state index contributed by atoms with van der Waals surface area (Å²) in [6, 6.07) is 2.63. The molecule has 1 unspecified atom stereocenters. The number of rotatable bonds is 6. The first-order valence-electron chi connectivity index (χ1n) is 6.64. The maximum atomic E-state index is 4.36. The average Bonchev–Trinajstić information content (AvgIpc) is 2.88. The monoisotopic (exact) mass is 234 g/mol. The number of hydrogen-bond donors (Lipinski definition) is 1. The van der Waals surface area contributed by atoms with Gasteiger partial charge in [0.2, 0.25) is 0 Å². The maximum absolute atomic E-state index is 4.36. The Kier molecular flexibility index (Phi) is 4.74. The van der Waals surface area contributed by atoms with Gasteiger partial charge in [0.1, 0.15) is 12.1 Å². The lowest BCUT2D eigenvalue weighted by molar-refractivity contribution is 0.569. The van der Waals surface area contributed by atoms with Gasteiger partial charge in [-0.25, -0.2) is 9.97 Å². The van der Waals surface area contributed by atoms with Gasteiger partial charge in [-0.05, 0) is 31.9 Å². The van der Waals surface area contributed by atoms with Crippen molar-refractivity contribution in [3.63, 3.8) is 0 Å². The molecular weight excluding hydrogens is 212 g/mol. The highest BCUT2D eigenvalue weighted by molar-refractivity contribution is 5.36. The van der Waals surface area contributed by atoms with Crippen LogP contribution in [0.25, 0.3) is 0 Å². The van der Waals surface area contributed by atoms with Crippen molar-refractivity contribution in [2.45, 2.75) is 38.6 Å². The van der Waals surface area contributed by atoms with Gasteiger partial charge in [0.25, 0.3) is 0 Å². The Balaban J connectivity index is 1.97. The molecule has 0 bridgehead atoms. The normalized spacial score (nSPS) is 19.5. The lowest BCUT2D eigenvalue weighted by atomic mass is 10.2. The predicted molar refractivity (Wildman–Crippen MR) is 70.2 cm³/mol. The molecule has 1 saturated heterocycles. The summed E-state index contributed by atoms with van der Waals surface area (Å²) < 4.78 is 0. The highest BCUT2D eigenvalue weighted by Gasteiger charge is 2.18. The Bertz CT molecular complexity index is 308. The second-order valence-corrected chi connectivity index (χ2v) is 4.66. The summed E-state index contributed by atoms with van der Waals surface area (Å²) in [5, 5.41) is 3.55. The Morgan fingerprint density at radius 1 is 1.53 bits per heavy atom. The number of aromatic nitrogens is 2. The van der Waals surface area contributed by atoms with E-state index < -0.39 is 0 Å². The van der Waals surface area contributed by atoms with Crippen LogP contribution in [0.2, 0.25) is 0 Å². The largest absolute Gasteiger partial charge is 0.355 e. The van der Waals surface area contributed by atoms with Crippen molar-refractivity contribution >= 4 is 5.82 Å². The van der Waals surface area contributed by atoms with Crippen molar-refractivity contribution in [2.75, 3.05) is 24.5 Å². The molecule has 1 aliphatic rings. The third-order valence-electron chi connectivity index (χ3n) is 3.28. The number of hydrogen-bond acceptors (Lipinski definition) is 4. The highest BCUT2D eigenvalue weighted by Crippen LogP contribution is 2.14. The quantitative estimate of drug-likeness (QED) is 0.815. The summed E-state index contributed by atoms with van der Waals surface area (Å²) in [6.45, 7) is 5.55. The van der Waals surface area contributed by atoms with Crippen molar-refractivity contribution in [3.05, 3.63) is 18.6 Å². The molecule has 94 valence electrons. The molecule has 1 aromatic rings. The predicted octanol–water partition coefficient (Wildman–Crippen LogP) is 1.84. The topological polar surface area (TPSA) is 41.0 Å². The first-order chi connectivity index (χ1) is 8.40. The summed E-state index contributed by atoms with van der Waals surface area (Å²) in [5.41, 5.74) is 0.